The first-order chi connectivity index (χ1) is 9.61. The minimum Gasteiger partial charge on any atom is -0.278 e. The third-order valence-electron chi connectivity index (χ3n) is 2.41. The molecule has 0 aliphatic carbocycles. The van der Waals surface area contributed by atoms with Crippen molar-refractivity contribution in [2.75, 3.05) is 4.72 Å². The van der Waals surface area contributed by atoms with Gasteiger partial charge in [0.25, 0.3) is 10.0 Å². The molecule has 0 spiro atoms. The van der Waals surface area contributed by atoms with Gasteiger partial charge in [0.05, 0.1) is 10.6 Å². The van der Waals surface area contributed by atoms with Crippen LogP contribution in [0.3, 0.4) is 0 Å². The van der Waals surface area contributed by atoms with Crippen LogP contribution in [0.15, 0.2) is 38.8 Å². The zero-order valence-corrected chi connectivity index (χ0v) is 13.8. The third-order valence-corrected chi connectivity index (χ3v) is 5.59. The molecule has 0 saturated heterocycles. The minimum absolute atomic E-state index is 0.0418. The van der Waals surface area contributed by atoms with E-state index >= 15 is 0 Å². The van der Waals surface area contributed by atoms with Crippen molar-refractivity contribution in [2.24, 2.45) is 12.2 Å². The van der Waals surface area contributed by atoms with Gasteiger partial charge >= 0.3 is 0 Å². The van der Waals surface area contributed by atoms with Gasteiger partial charge in [0.2, 0.25) is 15.0 Å². The Hall–Kier alpha value is -1.50. The fraction of sp³-hybridized carbons (Fsp3) is 0.111. The lowest BCUT2D eigenvalue weighted by atomic mass is 10.3. The topological polar surface area (TPSA) is 137 Å². The number of halogens is 1. The SMILES string of the molecule is Cn1nnc(Br)c1S(=O)(=O)Nc1cccc(S(N)(=O)=O)c1. The van der Waals surface area contributed by atoms with Crippen molar-refractivity contribution in [2.45, 2.75) is 9.92 Å². The summed E-state index contributed by atoms with van der Waals surface area (Å²) in [5.74, 6) is 0. The molecule has 2 aromatic rings. The van der Waals surface area contributed by atoms with Crippen LogP contribution in [0.25, 0.3) is 0 Å². The van der Waals surface area contributed by atoms with Gasteiger partial charge in [-0.1, -0.05) is 11.3 Å². The number of benzene rings is 1. The average Bonchev–Trinajstić information content (AvgIpc) is 2.68. The van der Waals surface area contributed by atoms with E-state index in [4.69, 9.17) is 5.14 Å². The van der Waals surface area contributed by atoms with Crippen molar-refractivity contribution in [3.05, 3.63) is 28.9 Å². The van der Waals surface area contributed by atoms with E-state index in [1.807, 2.05) is 0 Å². The highest BCUT2D eigenvalue weighted by molar-refractivity contribution is 9.10. The number of hydrogen-bond donors (Lipinski definition) is 2. The van der Waals surface area contributed by atoms with Gasteiger partial charge in [-0.15, -0.1) is 5.10 Å². The van der Waals surface area contributed by atoms with Crippen molar-refractivity contribution in [3.63, 3.8) is 0 Å². The maximum absolute atomic E-state index is 12.2. The molecule has 1 aromatic heterocycles. The Bertz CT molecular complexity index is 871. The maximum atomic E-state index is 12.2. The van der Waals surface area contributed by atoms with Gasteiger partial charge in [0.1, 0.15) is 0 Å². The molecule has 0 aliphatic heterocycles. The molecule has 12 heteroatoms. The molecule has 0 atom stereocenters. The average molecular weight is 396 g/mol. The van der Waals surface area contributed by atoms with Crippen molar-refractivity contribution < 1.29 is 16.8 Å². The molecule has 114 valence electrons. The Morgan fingerprint density at radius 3 is 2.48 bits per heavy atom. The highest BCUT2D eigenvalue weighted by Crippen LogP contribution is 2.22. The maximum Gasteiger partial charge on any atom is 0.281 e. The monoisotopic (exact) mass is 395 g/mol. The van der Waals surface area contributed by atoms with Crippen molar-refractivity contribution in [3.8, 4) is 0 Å². The van der Waals surface area contributed by atoms with Crippen molar-refractivity contribution in [1.29, 1.82) is 0 Å². The smallest absolute Gasteiger partial charge is 0.278 e. The number of nitrogens with one attached hydrogen (secondary N) is 1. The lowest BCUT2D eigenvalue weighted by Gasteiger charge is -2.09. The first-order valence-corrected chi connectivity index (χ1v) is 9.14. The van der Waals surface area contributed by atoms with Gasteiger partial charge in [-0.2, -0.15) is 8.42 Å². The number of aryl methyl sites for hydroxylation is 1. The number of hydrogen-bond acceptors (Lipinski definition) is 6. The largest absolute Gasteiger partial charge is 0.281 e. The fourth-order valence-corrected chi connectivity index (χ4v) is 4.26. The molecule has 3 N–H and O–H groups in total. The van der Waals surface area contributed by atoms with Crippen LogP contribution in [0.2, 0.25) is 0 Å². The molecule has 9 nitrogen and oxygen atoms in total. The quantitative estimate of drug-likeness (QED) is 0.748. The number of aromatic nitrogens is 3. The summed E-state index contributed by atoms with van der Waals surface area (Å²) in [6.45, 7) is 0. The minimum atomic E-state index is -3.99. The second kappa shape index (κ2) is 5.36. The van der Waals surface area contributed by atoms with E-state index in [2.05, 4.69) is 31.0 Å². The third kappa shape index (κ3) is 3.40. The van der Waals surface area contributed by atoms with Gasteiger partial charge in [0.15, 0.2) is 4.60 Å². The number of sulfonamides is 2. The summed E-state index contributed by atoms with van der Waals surface area (Å²) in [5.41, 5.74) is 0.0506. The Morgan fingerprint density at radius 2 is 1.95 bits per heavy atom. The van der Waals surface area contributed by atoms with Crippen LogP contribution in [-0.2, 0) is 27.1 Å². The van der Waals surface area contributed by atoms with E-state index in [0.29, 0.717) is 0 Å². The number of rotatable bonds is 4. The standard InChI is InChI=1S/C9H10BrN5O4S2/c1-15-9(8(10)12-14-15)21(18,19)13-6-3-2-4-7(5-6)20(11,16)17/h2-5,13H,1H3,(H2,11,16,17). The van der Waals surface area contributed by atoms with E-state index in [0.717, 1.165) is 10.7 Å². The molecular weight excluding hydrogens is 386 g/mol. The fourth-order valence-electron chi connectivity index (χ4n) is 1.55. The summed E-state index contributed by atoms with van der Waals surface area (Å²) in [5, 5.41) is 11.9. The van der Waals surface area contributed by atoms with Gasteiger partial charge in [0, 0.05) is 7.05 Å². The number of anilines is 1. The van der Waals surface area contributed by atoms with Crippen molar-refractivity contribution >= 4 is 41.7 Å². The molecule has 0 saturated carbocycles. The van der Waals surface area contributed by atoms with Gasteiger partial charge in [-0.05, 0) is 34.1 Å². The summed E-state index contributed by atoms with van der Waals surface area (Å²) in [6, 6.07) is 5.14. The lowest BCUT2D eigenvalue weighted by molar-refractivity contribution is 0.578. The van der Waals surface area contributed by atoms with Crippen molar-refractivity contribution in [1.82, 2.24) is 15.0 Å². The number of primary sulfonamides is 1. The number of nitrogens with zero attached hydrogens (tertiary/aromatic N) is 3. The van der Waals surface area contributed by atoms with Crippen LogP contribution in [0, 0.1) is 0 Å². The zero-order valence-electron chi connectivity index (χ0n) is 10.6. The highest BCUT2D eigenvalue weighted by atomic mass is 79.9. The van der Waals surface area contributed by atoms with Crippen LogP contribution < -0.4 is 9.86 Å². The zero-order chi connectivity index (χ0) is 15.8. The molecule has 0 fully saturated rings. The van der Waals surface area contributed by atoms with Crippen LogP contribution in [-0.4, -0.2) is 31.8 Å². The molecule has 0 amide bonds. The molecule has 0 radical (unpaired) electrons. The normalized spacial score (nSPS) is 12.3. The van der Waals surface area contributed by atoms with E-state index in [1.165, 1.54) is 25.2 Å². The van der Waals surface area contributed by atoms with Crippen LogP contribution in [0.1, 0.15) is 0 Å². The van der Waals surface area contributed by atoms with Crippen LogP contribution >= 0.6 is 15.9 Å². The van der Waals surface area contributed by atoms with Crippen LogP contribution in [0.4, 0.5) is 5.69 Å². The molecule has 2 rings (SSSR count). The Balaban J connectivity index is 2.43. The van der Waals surface area contributed by atoms with E-state index in [9.17, 15) is 16.8 Å². The Kier molecular flexibility index (Phi) is 4.06. The molecule has 0 bridgehead atoms. The molecule has 21 heavy (non-hydrogen) atoms. The number of nitrogens with two attached hydrogens (primary N) is 1. The first kappa shape index (κ1) is 15.9. The second-order valence-electron chi connectivity index (χ2n) is 3.99. The first-order valence-electron chi connectivity index (χ1n) is 5.32. The predicted octanol–water partition coefficient (Wildman–Crippen LogP) is 0.0258. The van der Waals surface area contributed by atoms with Gasteiger partial charge in [-0.3, -0.25) is 4.72 Å². The van der Waals surface area contributed by atoms with Gasteiger partial charge < -0.3 is 0 Å². The van der Waals surface area contributed by atoms with E-state index in [-0.39, 0.29) is 20.2 Å². The molecule has 0 aliphatic rings. The molecule has 0 unspecified atom stereocenters. The van der Waals surface area contributed by atoms with Crippen LogP contribution in [0.5, 0.6) is 0 Å². The summed E-state index contributed by atoms with van der Waals surface area (Å²) < 4.78 is 50.3. The highest BCUT2D eigenvalue weighted by Gasteiger charge is 2.24. The summed E-state index contributed by atoms with van der Waals surface area (Å²) >= 11 is 2.98. The molecule has 1 heterocycles. The van der Waals surface area contributed by atoms with E-state index < -0.39 is 20.0 Å². The second-order valence-corrected chi connectivity index (χ2v) is 7.90. The Labute approximate surface area is 129 Å². The van der Waals surface area contributed by atoms with Gasteiger partial charge in [-0.25, -0.2) is 18.2 Å². The summed E-state index contributed by atoms with van der Waals surface area (Å²) in [6.07, 6.45) is 0. The Morgan fingerprint density at radius 1 is 1.29 bits per heavy atom. The summed E-state index contributed by atoms with van der Waals surface area (Å²) in [7, 11) is -6.50. The predicted molar refractivity (Wildman–Crippen MR) is 77.3 cm³/mol. The molecular formula is C9H10BrN5O4S2. The summed E-state index contributed by atoms with van der Waals surface area (Å²) in [4.78, 5) is -0.204. The lowest BCUT2D eigenvalue weighted by Crippen LogP contribution is -2.18. The molecule has 1 aromatic carbocycles. The van der Waals surface area contributed by atoms with E-state index in [1.54, 1.807) is 0 Å².